The number of amides is 1. The first kappa shape index (κ1) is 21.0. The number of aromatic nitrogens is 2. The van der Waals surface area contributed by atoms with Crippen LogP contribution >= 0.6 is 0 Å². The van der Waals surface area contributed by atoms with E-state index in [2.05, 4.69) is 10.2 Å². The summed E-state index contributed by atoms with van der Waals surface area (Å²) in [7, 11) is 3.49. The van der Waals surface area contributed by atoms with Crippen molar-refractivity contribution < 1.29 is 9.90 Å². The van der Waals surface area contributed by atoms with Crippen LogP contribution in [0.25, 0.3) is 11.0 Å². The van der Waals surface area contributed by atoms with E-state index in [4.69, 9.17) is 0 Å². The van der Waals surface area contributed by atoms with Crippen LogP contribution in [0.5, 0.6) is 5.75 Å². The Balaban J connectivity index is 1.77. The Morgan fingerprint density at radius 3 is 2.26 bits per heavy atom. The van der Waals surface area contributed by atoms with Gasteiger partial charge in [-0.15, -0.1) is 0 Å². The van der Waals surface area contributed by atoms with Gasteiger partial charge >= 0.3 is 5.69 Å². The first-order valence-corrected chi connectivity index (χ1v) is 10.9. The number of hydrogen-bond donors (Lipinski definition) is 2. The van der Waals surface area contributed by atoms with E-state index < -0.39 is 0 Å². The topological polar surface area (TPSA) is 79.5 Å². The zero-order valence-electron chi connectivity index (χ0n) is 18.6. The molecule has 0 spiro atoms. The Kier molecular flexibility index (Phi) is 5.52. The highest BCUT2D eigenvalue weighted by Crippen LogP contribution is 2.34. The van der Waals surface area contributed by atoms with Gasteiger partial charge < -0.3 is 15.3 Å². The molecule has 1 saturated heterocycles. The van der Waals surface area contributed by atoms with Crippen LogP contribution in [0.1, 0.15) is 54.9 Å². The molecule has 31 heavy (non-hydrogen) atoms. The van der Waals surface area contributed by atoms with E-state index in [0.717, 1.165) is 48.2 Å². The molecule has 4 rings (SSSR count). The third-order valence-electron chi connectivity index (χ3n) is 6.27. The lowest BCUT2D eigenvalue weighted by atomic mass is 10.0. The number of piperidine rings is 1. The van der Waals surface area contributed by atoms with Crippen molar-refractivity contribution in [2.45, 2.75) is 39.0 Å². The van der Waals surface area contributed by atoms with Crippen molar-refractivity contribution in [3.63, 3.8) is 0 Å². The predicted octanol–water partition coefficient (Wildman–Crippen LogP) is 3.95. The molecule has 1 aliphatic rings. The Hall–Kier alpha value is -3.22. The monoisotopic (exact) mass is 422 g/mol. The maximum atomic E-state index is 13.1. The number of carbonyl (C=O) groups is 1. The van der Waals surface area contributed by atoms with Crippen molar-refractivity contribution >= 4 is 28.3 Å². The lowest BCUT2D eigenvalue weighted by Gasteiger charge is -2.30. The van der Waals surface area contributed by atoms with Gasteiger partial charge in [0.2, 0.25) is 0 Å². The third kappa shape index (κ3) is 3.80. The Morgan fingerprint density at radius 1 is 1.00 bits per heavy atom. The average Bonchev–Trinajstić information content (AvgIpc) is 2.97. The second-order valence-corrected chi connectivity index (χ2v) is 8.69. The van der Waals surface area contributed by atoms with Crippen LogP contribution < -0.4 is 15.9 Å². The predicted molar refractivity (Wildman–Crippen MR) is 124 cm³/mol. The molecule has 1 aliphatic heterocycles. The second kappa shape index (κ2) is 8.13. The number of phenolic OH excluding ortho intramolecular Hbond substituents is 1. The van der Waals surface area contributed by atoms with Gasteiger partial charge in [-0.1, -0.05) is 19.9 Å². The zero-order chi connectivity index (χ0) is 22.3. The van der Waals surface area contributed by atoms with E-state index in [1.165, 1.54) is 6.42 Å². The van der Waals surface area contributed by atoms with Gasteiger partial charge in [0.25, 0.3) is 5.91 Å². The van der Waals surface area contributed by atoms with Gasteiger partial charge in [0.05, 0.1) is 28.0 Å². The molecular weight excluding hydrogens is 392 g/mol. The van der Waals surface area contributed by atoms with Crippen molar-refractivity contribution in [1.29, 1.82) is 0 Å². The van der Waals surface area contributed by atoms with Crippen LogP contribution in [0.4, 0.5) is 11.4 Å². The molecule has 164 valence electrons. The number of hydrogen-bond acceptors (Lipinski definition) is 4. The van der Waals surface area contributed by atoms with Gasteiger partial charge in [-0.05, 0) is 55.0 Å². The smallest absolute Gasteiger partial charge is 0.328 e. The van der Waals surface area contributed by atoms with E-state index in [1.54, 1.807) is 35.4 Å². The molecule has 0 atom stereocenters. The first-order valence-electron chi connectivity index (χ1n) is 10.9. The maximum Gasteiger partial charge on any atom is 0.328 e. The molecule has 0 aliphatic carbocycles. The number of carbonyl (C=O) groups excluding carboxylic acids is 1. The van der Waals surface area contributed by atoms with Gasteiger partial charge in [-0.2, -0.15) is 0 Å². The Morgan fingerprint density at radius 2 is 1.65 bits per heavy atom. The normalized spacial score (nSPS) is 14.4. The Bertz CT molecular complexity index is 1200. The average molecular weight is 423 g/mol. The number of anilines is 2. The quantitative estimate of drug-likeness (QED) is 0.667. The first-order chi connectivity index (χ1) is 14.8. The highest BCUT2D eigenvalue weighted by Gasteiger charge is 2.21. The number of aromatic hydroxyl groups is 1. The van der Waals surface area contributed by atoms with Crippen LogP contribution in [0.3, 0.4) is 0 Å². The fraction of sp³-hybridized carbons (Fsp3) is 0.417. The van der Waals surface area contributed by atoms with Gasteiger partial charge in [-0.25, -0.2) is 4.79 Å². The van der Waals surface area contributed by atoms with Gasteiger partial charge in [0, 0.05) is 27.2 Å². The molecule has 0 bridgehead atoms. The van der Waals surface area contributed by atoms with E-state index in [9.17, 15) is 14.7 Å². The minimum absolute atomic E-state index is 0.0311. The molecule has 3 aromatic rings. The fourth-order valence-corrected chi connectivity index (χ4v) is 4.32. The standard InChI is InChI=1S/C24H30N4O3/c1-15(2)16-8-9-17(22(29)12-16)23(30)25-18-13-20-21(27(4)24(31)26(20)3)14-19(18)28-10-6-5-7-11-28/h8-9,12-15,29H,5-7,10-11H2,1-4H3,(H,25,30). The van der Waals surface area contributed by atoms with Crippen molar-refractivity contribution in [2.75, 3.05) is 23.3 Å². The summed E-state index contributed by atoms with van der Waals surface area (Å²) in [4.78, 5) is 27.8. The second-order valence-electron chi connectivity index (χ2n) is 8.69. The van der Waals surface area contributed by atoms with Crippen LogP contribution in [0.15, 0.2) is 35.1 Å². The summed E-state index contributed by atoms with van der Waals surface area (Å²) in [6.07, 6.45) is 3.38. The SMILES string of the molecule is CC(C)c1ccc(C(=O)Nc2cc3c(cc2N2CCCCC2)n(C)c(=O)n3C)c(O)c1. The summed E-state index contributed by atoms with van der Waals surface area (Å²) < 4.78 is 3.21. The fourth-order valence-electron chi connectivity index (χ4n) is 4.32. The number of nitrogens with zero attached hydrogens (tertiary/aromatic N) is 3. The number of nitrogens with one attached hydrogen (secondary N) is 1. The molecule has 0 unspecified atom stereocenters. The number of benzene rings is 2. The lowest BCUT2D eigenvalue weighted by molar-refractivity contribution is 0.102. The molecule has 2 N–H and O–H groups in total. The van der Waals surface area contributed by atoms with Crippen molar-refractivity contribution in [2.24, 2.45) is 14.1 Å². The minimum atomic E-state index is -0.369. The molecule has 2 aromatic carbocycles. The van der Waals surface area contributed by atoms with Gasteiger partial charge in [0.1, 0.15) is 5.75 Å². The van der Waals surface area contributed by atoms with Crippen molar-refractivity contribution in [3.05, 3.63) is 51.9 Å². The lowest BCUT2D eigenvalue weighted by Crippen LogP contribution is -2.30. The molecule has 2 heterocycles. The summed E-state index contributed by atoms with van der Waals surface area (Å²) >= 11 is 0. The molecule has 1 fully saturated rings. The zero-order valence-corrected chi connectivity index (χ0v) is 18.6. The number of imidazole rings is 1. The summed E-state index contributed by atoms with van der Waals surface area (Å²) in [6, 6.07) is 9.03. The van der Waals surface area contributed by atoms with Crippen LogP contribution in [0.2, 0.25) is 0 Å². The van der Waals surface area contributed by atoms with Gasteiger partial charge in [0.15, 0.2) is 0 Å². The Labute approximate surface area is 181 Å². The summed E-state index contributed by atoms with van der Waals surface area (Å²) in [5.74, 6) is -0.141. The van der Waals surface area contributed by atoms with Crippen molar-refractivity contribution in [1.82, 2.24) is 9.13 Å². The van der Waals surface area contributed by atoms with Crippen molar-refractivity contribution in [3.8, 4) is 5.75 Å². The summed E-state index contributed by atoms with van der Waals surface area (Å²) in [6.45, 7) is 5.89. The van der Waals surface area contributed by atoms with E-state index in [0.29, 0.717) is 5.69 Å². The molecule has 7 nitrogen and oxygen atoms in total. The maximum absolute atomic E-state index is 13.1. The number of rotatable bonds is 4. The number of aryl methyl sites for hydroxylation is 2. The largest absolute Gasteiger partial charge is 0.507 e. The highest BCUT2D eigenvalue weighted by molar-refractivity contribution is 6.09. The molecular formula is C24H30N4O3. The van der Waals surface area contributed by atoms with Crippen LogP contribution in [-0.4, -0.2) is 33.2 Å². The van der Waals surface area contributed by atoms with Crippen LogP contribution in [0, 0.1) is 0 Å². The van der Waals surface area contributed by atoms with Crippen LogP contribution in [-0.2, 0) is 14.1 Å². The van der Waals surface area contributed by atoms with E-state index in [-0.39, 0.29) is 28.8 Å². The third-order valence-corrected chi connectivity index (χ3v) is 6.27. The molecule has 1 amide bonds. The van der Waals surface area contributed by atoms with E-state index >= 15 is 0 Å². The molecule has 0 radical (unpaired) electrons. The van der Waals surface area contributed by atoms with Gasteiger partial charge in [-0.3, -0.25) is 13.9 Å². The number of phenols is 1. The highest BCUT2D eigenvalue weighted by atomic mass is 16.3. The van der Waals surface area contributed by atoms with E-state index in [1.807, 2.05) is 32.0 Å². The number of fused-ring (bicyclic) bond motifs is 1. The minimum Gasteiger partial charge on any atom is -0.507 e. The molecule has 7 heteroatoms. The molecule has 0 saturated carbocycles. The summed E-state index contributed by atoms with van der Waals surface area (Å²) in [5.41, 5.74) is 4.23. The summed E-state index contributed by atoms with van der Waals surface area (Å²) in [5, 5.41) is 13.4. The molecule has 1 aromatic heterocycles.